The van der Waals surface area contributed by atoms with Crippen LogP contribution in [0.15, 0.2) is 48.5 Å². The maximum absolute atomic E-state index is 5.98. The van der Waals surface area contributed by atoms with Crippen LogP contribution in [0.25, 0.3) is 0 Å². The lowest BCUT2D eigenvalue weighted by Crippen LogP contribution is -2.15. The van der Waals surface area contributed by atoms with Crippen LogP contribution in [0.4, 0.5) is 0 Å². The van der Waals surface area contributed by atoms with Crippen molar-refractivity contribution in [2.75, 3.05) is 6.54 Å². The van der Waals surface area contributed by atoms with E-state index in [0.717, 1.165) is 6.42 Å². The van der Waals surface area contributed by atoms with E-state index in [1.807, 2.05) is 0 Å². The van der Waals surface area contributed by atoms with Gasteiger partial charge in [0, 0.05) is 5.92 Å². The van der Waals surface area contributed by atoms with Gasteiger partial charge in [0.2, 0.25) is 0 Å². The Labute approximate surface area is 122 Å². The van der Waals surface area contributed by atoms with Crippen molar-refractivity contribution in [3.63, 3.8) is 0 Å². The lowest BCUT2D eigenvalue weighted by Gasteiger charge is -2.16. The van der Waals surface area contributed by atoms with E-state index >= 15 is 0 Å². The summed E-state index contributed by atoms with van der Waals surface area (Å²) in [5.74, 6) is 0.983. The highest BCUT2D eigenvalue weighted by molar-refractivity contribution is 5.30. The third-order valence-corrected chi connectivity index (χ3v) is 3.96. The third kappa shape index (κ3) is 3.71. The van der Waals surface area contributed by atoms with Crippen molar-refractivity contribution in [1.82, 2.24) is 0 Å². The van der Waals surface area contributed by atoms with E-state index in [4.69, 9.17) is 5.73 Å². The van der Waals surface area contributed by atoms with Crippen LogP contribution in [-0.2, 0) is 6.42 Å². The zero-order valence-corrected chi connectivity index (χ0v) is 12.8. The Morgan fingerprint density at radius 2 is 1.40 bits per heavy atom. The summed E-state index contributed by atoms with van der Waals surface area (Å²) in [5, 5.41) is 0. The minimum atomic E-state index is 0.402. The van der Waals surface area contributed by atoms with Gasteiger partial charge in [0.05, 0.1) is 0 Å². The van der Waals surface area contributed by atoms with E-state index in [1.165, 1.54) is 22.3 Å². The summed E-state index contributed by atoms with van der Waals surface area (Å²) < 4.78 is 0. The summed E-state index contributed by atoms with van der Waals surface area (Å²) in [4.78, 5) is 0. The van der Waals surface area contributed by atoms with Crippen LogP contribution < -0.4 is 5.73 Å². The number of aryl methyl sites for hydroxylation is 1. The molecule has 0 aliphatic heterocycles. The van der Waals surface area contributed by atoms with E-state index < -0.39 is 0 Å². The Hall–Kier alpha value is -1.60. The smallest absolute Gasteiger partial charge is 0.000157 e. The molecule has 0 aliphatic rings. The molecule has 1 nitrogen and oxygen atoms in total. The number of hydrogen-bond donors (Lipinski definition) is 1. The van der Waals surface area contributed by atoms with Crippen molar-refractivity contribution in [3.05, 3.63) is 70.8 Å². The van der Waals surface area contributed by atoms with Gasteiger partial charge in [-0.15, -0.1) is 0 Å². The molecule has 0 fully saturated rings. The Balaban J connectivity index is 2.13. The summed E-state index contributed by atoms with van der Waals surface area (Å²) in [6.45, 7) is 7.26. The molecule has 0 aliphatic carbocycles. The second-order valence-electron chi connectivity index (χ2n) is 5.94. The van der Waals surface area contributed by atoms with Crippen molar-refractivity contribution < 1.29 is 0 Å². The van der Waals surface area contributed by atoms with Gasteiger partial charge in [-0.1, -0.05) is 67.9 Å². The predicted octanol–water partition coefficient (Wildman–Crippen LogP) is 4.40. The van der Waals surface area contributed by atoms with Crippen molar-refractivity contribution in [3.8, 4) is 0 Å². The average Bonchev–Trinajstić information content (AvgIpc) is 2.47. The molecule has 0 spiro atoms. The zero-order valence-electron chi connectivity index (χ0n) is 12.8. The second kappa shape index (κ2) is 6.71. The van der Waals surface area contributed by atoms with Crippen molar-refractivity contribution in [1.29, 1.82) is 0 Å². The SMILES string of the molecule is Cc1ccc(CC(CN)c2ccc(C(C)C)cc2)cc1. The van der Waals surface area contributed by atoms with E-state index in [-0.39, 0.29) is 0 Å². The molecular formula is C19H25N. The minimum Gasteiger partial charge on any atom is -0.330 e. The topological polar surface area (TPSA) is 26.0 Å². The van der Waals surface area contributed by atoms with Gasteiger partial charge < -0.3 is 5.73 Å². The number of rotatable bonds is 5. The van der Waals surface area contributed by atoms with E-state index in [0.29, 0.717) is 18.4 Å². The van der Waals surface area contributed by atoms with Crippen LogP contribution in [-0.4, -0.2) is 6.54 Å². The van der Waals surface area contributed by atoms with Gasteiger partial charge in [0.25, 0.3) is 0 Å². The summed E-state index contributed by atoms with van der Waals surface area (Å²) >= 11 is 0. The largest absolute Gasteiger partial charge is 0.330 e. The standard InChI is InChI=1S/C19H25N/c1-14(2)17-8-10-18(11-9-17)19(13-20)12-16-6-4-15(3)5-7-16/h4-11,14,19H,12-13,20H2,1-3H3. The lowest BCUT2D eigenvalue weighted by molar-refractivity contribution is 0.693. The van der Waals surface area contributed by atoms with Crippen LogP contribution in [0.2, 0.25) is 0 Å². The van der Waals surface area contributed by atoms with Crippen LogP contribution in [0.1, 0.15) is 47.9 Å². The Morgan fingerprint density at radius 1 is 0.850 bits per heavy atom. The molecule has 2 aromatic carbocycles. The van der Waals surface area contributed by atoms with E-state index in [1.54, 1.807) is 0 Å². The Kier molecular flexibility index (Phi) is 4.97. The lowest BCUT2D eigenvalue weighted by atomic mass is 9.90. The number of benzene rings is 2. The highest BCUT2D eigenvalue weighted by Crippen LogP contribution is 2.23. The van der Waals surface area contributed by atoms with Gasteiger partial charge >= 0.3 is 0 Å². The molecule has 0 heterocycles. The molecule has 0 saturated heterocycles. The maximum Gasteiger partial charge on any atom is 0.000157 e. The molecule has 0 amide bonds. The number of nitrogens with two attached hydrogens (primary N) is 1. The Morgan fingerprint density at radius 3 is 1.90 bits per heavy atom. The first-order chi connectivity index (χ1) is 9.60. The zero-order chi connectivity index (χ0) is 14.5. The highest BCUT2D eigenvalue weighted by Gasteiger charge is 2.11. The molecule has 106 valence electrons. The van der Waals surface area contributed by atoms with Gasteiger partial charge in [0.15, 0.2) is 0 Å². The molecule has 2 rings (SSSR count). The normalized spacial score (nSPS) is 12.7. The van der Waals surface area contributed by atoms with E-state index in [2.05, 4.69) is 69.3 Å². The molecule has 1 heteroatoms. The summed E-state index contributed by atoms with van der Waals surface area (Å²) in [5.41, 5.74) is 11.4. The van der Waals surface area contributed by atoms with Gasteiger partial charge in [-0.3, -0.25) is 0 Å². The summed E-state index contributed by atoms with van der Waals surface area (Å²) in [6.07, 6.45) is 1.01. The van der Waals surface area contributed by atoms with Gasteiger partial charge in [0.1, 0.15) is 0 Å². The summed E-state index contributed by atoms with van der Waals surface area (Å²) in [6, 6.07) is 17.7. The van der Waals surface area contributed by atoms with Crippen LogP contribution in [0.5, 0.6) is 0 Å². The summed E-state index contributed by atoms with van der Waals surface area (Å²) in [7, 11) is 0. The van der Waals surface area contributed by atoms with Gasteiger partial charge in [-0.25, -0.2) is 0 Å². The molecule has 1 unspecified atom stereocenters. The molecule has 20 heavy (non-hydrogen) atoms. The highest BCUT2D eigenvalue weighted by atomic mass is 14.5. The molecule has 0 aromatic heterocycles. The molecule has 0 bridgehead atoms. The third-order valence-electron chi connectivity index (χ3n) is 3.96. The van der Waals surface area contributed by atoms with Crippen molar-refractivity contribution >= 4 is 0 Å². The molecular weight excluding hydrogens is 242 g/mol. The second-order valence-corrected chi connectivity index (χ2v) is 5.94. The molecule has 2 N–H and O–H groups in total. The van der Waals surface area contributed by atoms with E-state index in [9.17, 15) is 0 Å². The molecule has 2 aromatic rings. The maximum atomic E-state index is 5.98. The minimum absolute atomic E-state index is 0.402. The van der Waals surface area contributed by atoms with Crippen LogP contribution >= 0.6 is 0 Å². The molecule has 0 saturated carbocycles. The van der Waals surface area contributed by atoms with Crippen molar-refractivity contribution in [2.45, 2.75) is 39.0 Å². The molecule has 1 atom stereocenters. The fraction of sp³-hybridized carbons (Fsp3) is 0.368. The van der Waals surface area contributed by atoms with Crippen molar-refractivity contribution in [2.24, 2.45) is 5.73 Å². The van der Waals surface area contributed by atoms with Crippen LogP contribution in [0.3, 0.4) is 0 Å². The predicted molar refractivity (Wildman–Crippen MR) is 87.2 cm³/mol. The first-order valence-electron chi connectivity index (χ1n) is 7.45. The fourth-order valence-corrected chi connectivity index (χ4v) is 2.50. The Bertz CT molecular complexity index is 523. The first-order valence-corrected chi connectivity index (χ1v) is 7.45. The average molecular weight is 267 g/mol. The molecule has 0 radical (unpaired) electrons. The monoisotopic (exact) mass is 267 g/mol. The van der Waals surface area contributed by atoms with Crippen LogP contribution in [0, 0.1) is 6.92 Å². The number of hydrogen-bond acceptors (Lipinski definition) is 1. The quantitative estimate of drug-likeness (QED) is 0.853. The van der Waals surface area contributed by atoms with Gasteiger partial charge in [-0.05, 0) is 42.5 Å². The first kappa shape index (κ1) is 14.8. The fourth-order valence-electron chi connectivity index (χ4n) is 2.50. The van der Waals surface area contributed by atoms with Gasteiger partial charge in [-0.2, -0.15) is 0 Å².